The quantitative estimate of drug-likeness (QED) is 0.0272. The molecule has 1 saturated carbocycles. The van der Waals surface area contributed by atoms with Crippen LogP contribution in [0.3, 0.4) is 0 Å². The van der Waals surface area contributed by atoms with Crippen LogP contribution in [0.25, 0.3) is 10.8 Å². The second-order valence-corrected chi connectivity index (χ2v) is 19.8. The van der Waals surface area contributed by atoms with Crippen LogP contribution in [-0.4, -0.2) is 85.8 Å². The minimum Gasteiger partial charge on any atom is -0.497 e. The summed E-state index contributed by atoms with van der Waals surface area (Å²) in [6.07, 6.45) is 18.6. The van der Waals surface area contributed by atoms with Gasteiger partial charge in [0.05, 0.1) is 38.1 Å². The van der Waals surface area contributed by atoms with Crippen LogP contribution in [0.1, 0.15) is 133 Å². The largest absolute Gasteiger partial charge is 0.497 e. The number of carbonyl (C=O) groups is 2. The van der Waals surface area contributed by atoms with E-state index in [0.29, 0.717) is 66.6 Å². The maximum Gasteiger partial charge on any atom is 0.417 e. The van der Waals surface area contributed by atoms with Gasteiger partial charge in [0.15, 0.2) is 0 Å². The Kier molecular flexibility index (Phi) is 20.6. The molecule has 0 bridgehead atoms. The molecule has 0 spiro atoms. The van der Waals surface area contributed by atoms with Gasteiger partial charge in [-0.25, -0.2) is 4.79 Å². The van der Waals surface area contributed by atoms with Gasteiger partial charge in [0.1, 0.15) is 36.1 Å². The molecule has 0 saturated heterocycles. The number of fused-ring (bicyclic) bond motifs is 3. The number of allylic oxidation sites excluding steroid dienone is 1. The van der Waals surface area contributed by atoms with Crippen LogP contribution in [0.5, 0.6) is 23.0 Å². The molecule has 4 aromatic rings. The standard InChI is InChI=1S/C60H79N3O10/c1-6-8-9-10-11-12-13-14-15-29-56(66)63(41-44-26-22-25-42-23-16-17-27-47(42)44)55-40-52(62-70-5)49-37-43(24-18-20-34-64)48(28-19-21-35-65)57-50-38-46(31-33-53(50)73-60(55,58(49)57)71-36-7-2)72-59(67)61-51-32-30-45(68-3)39-54(51)69-4/h7,16-17,22-23,25-27,30-33,37-39,43,48,55,57-58,64-65H,2,6,8-15,18-21,24,28-29,34-36,40-41H2,1,3-5H3,(H,61,67). The van der Waals surface area contributed by atoms with Gasteiger partial charge in [0, 0.05) is 50.1 Å². The number of aliphatic hydroxyl groups is 2. The summed E-state index contributed by atoms with van der Waals surface area (Å²) >= 11 is 0. The van der Waals surface area contributed by atoms with E-state index in [4.69, 9.17) is 33.7 Å². The van der Waals surface area contributed by atoms with Crippen molar-refractivity contribution in [3.8, 4) is 23.0 Å². The molecular weight excluding hydrogens is 923 g/mol. The predicted molar refractivity (Wildman–Crippen MR) is 288 cm³/mol. The van der Waals surface area contributed by atoms with E-state index in [2.05, 4.69) is 55.2 Å². The average Bonchev–Trinajstić information content (AvgIpc) is 3.40. The van der Waals surface area contributed by atoms with Crippen molar-refractivity contribution in [1.29, 1.82) is 0 Å². The number of anilines is 1. The van der Waals surface area contributed by atoms with Gasteiger partial charge in [-0.15, -0.1) is 6.58 Å². The molecule has 2 amide bonds. The minimum atomic E-state index is -1.45. The molecule has 3 N–H and O–H groups in total. The molecule has 0 radical (unpaired) electrons. The lowest BCUT2D eigenvalue weighted by Gasteiger charge is -2.60. The summed E-state index contributed by atoms with van der Waals surface area (Å²) in [5, 5.41) is 29.9. The fourth-order valence-corrected chi connectivity index (χ4v) is 11.7. The average molecular weight is 1000 g/mol. The molecule has 7 rings (SSSR count). The third-order valence-electron chi connectivity index (χ3n) is 15.1. The van der Waals surface area contributed by atoms with Crippen LogP contribution < -0.4 is 24.3 Å². The van der Waals surface area contributed by atoms with Crippen LogP contribution in [0.15, 0.2) is 108 Å². The molecule has 6 unspecified atom stereocenters. The lowest BCUT2D eigenvalue weighted by molar-refractivity contribution is -0.258. The van der Waals surface area contributed by atoms with E-state index < -0.39 is 23.8 Å². The van der Waals surface area contributed by atoms with E-state index in [0.717, 1.165) is 78.8 Å². The fourth-order valence-electron chi connectivity index (χ4n) is 11.7. The highest BCUT2D eigenvalue weighted by molar-refractivity contribution is 6.03. The summed E-state index contributed by atoms with van der Waals surface area (Å²) in [6, 6.07) is 24.4. The Morgan fingerprint density at radius 3 is 2.29 bits per heavy atom. The number of rotatable bonds is 29. The minimum absolute atomic E-state index is 0.0121. The Hall–Kier alpha value is -5.89. The summed E-state index contributed by atoms with van der Waals surface area (Å²) in [6.45, 7) is 6.94. The third-order valence-corrected chi connectivity index (χ3v) is 15.1. The van der Waals surface area contributed by atoms with Crippen LogP contribution in [0, 0.1) is 17.8 Å². The number of ether oxygens (including phenoxy) is 5. The van der Waals surface area contributed by atoms with Crippen molar-refractivity contribution in [3.63, 3.8) is 0 Å². The molecule has 1 fully saturated rings. The second-order valence-electron chi connectivity index (χ2n) is 19.8. The lowest BCUT2D eigenvalue weighted by Crippen LogP contribution is -2.70. The third kappa shape index (κ3) is 13.3. The maximum atomic E-state index is 15.4. The summed E-state index contributed by atoms with van der Waals surface area (Å²) in [4.78, 5) is 36.9. The molecule has 1 aliphatic heterocycles. The molecule has 4 aromatic carbocycles. The number of aliphatic hydroxyl groups excluding tert-OH is 2. The summed E-state index contributed by atoms with van der Waals surface area (Å²) in [5.74, 6) is -0.408. The molecule has 3 aliphatic rings. The van der Waals surface area contributed by atoms with Gasteiger partial charge >= 0.3 is 6.09 Å². The smallest absolute Gasteiger partial charge is 0.417 e. The van der Waals surface area contributed by atoms with Crippen LogP contribution >= 0.6 is 0 Å². The molecule has 73 heavy (non-hydrogen) atoms. The highest BCUT2D eigenvalue weighted by atomic mass is 16.7. The first-order valence-corrected chi connectivity index (χ1v) is 26.8. The second kappa shape index (κ2) is 27.4. The summed E-state index contributed by atoms with van der Waals surface area (Å²) in [7, 11) is 4.63. The number of nitrogens with one attached hydrogen (secondary N) is 1. The van der Waals surface area contributed by atoms with Gasteiger partial charge in [-0.3, -0.25) is 10.1 Å². The number of amides is 2. The van der Waals surface area contributed by atoms with Gasteiger partial charge < -0.3 is 43.6 Å². The number of nitrogens with zero attached hydrogens (tertiary/aromatic N) is 2. The first kappa shape index (κ1) is 54.9. The highest BCUT2D eigenvalue weighted by Crippen LogP contribution is 2.62. The number of oxime groups is 1. The number of unbranched alkanes of at least 4 members (excludes halogenated alkanes) is 10. The van der Waals surface area contributed by atoms with Crippen molar-refractivity contribution in [2.24, 2.45) is 22.9 Å². The maximum absolute atomic E-state index is 15.4. The van der Waals surface area contributed by atoms with E-state index in [-0.39, 0.29) is 43.5 Å². The zero-order valence-corrected chi connectivity index (χ0v) is 43.7. The monoisotopic (exact) mass is 1000 g/mol. The molecule has 1 heterocycles. The van der Waals surface area contributed by atoms with Gasteiger partial charge in [-0.1, -0.05) is 131 Å². The molecule has 13 heteroatoms. The first-order valence-electron chi connectivity index (χ1n) is 26.8. The Labute approximate surface area is 432 Å². The number of hydrogen-bond acceptors (Lipinski definition) is 11. The van der Waals surface area contributed by atoms with Crippen molar-refractivity contribution < 1.29 is 48.3 Å². The Bertz CT molecular complexity index is 2500. The van der Waals surface area contributed by atoms with E-state index in [1.54, 1.807) is 44.6 Å². The van der Waals surface area contributed by atoms with Crippen molar-refractivity contribution in [2.75, 3.05) is 46.5 Å². The molecular formula is C60H79N3O10. The summed E-state index contributed by atoms with van der Waals surface area (Å²) < 4.78 is 31.7. The Balaban J connectivity index is 1.35. The van der Waals surface area contributed by atoms with Crippen molar-refractivity contribution in [1.82, 2.24) is 4.90 Å². The number of carbonyl (C=O) groups excluding carboxylic acids is 2. The van der Waals surface area contributed by atoms with Gasteiger partial charge in [-0.2, -0.15) is 0 Å². The predicted octanol–water partition coefficient (Wildman–Crippen LogP) is 12.7. The van der Waals surface area contributed by atoms with Crippen LogP contribution in [-0.2, 0) is 20.9 Å². The first-order chi connectivity index (χ1) is 35.7. The van der Waals surface area contributed by atoms with Gasteiger partial charge in [0.2, 0.25) is 11.7 Å². The zero-order valence-electron chi connectivity index (χ0n) is 43.7. The summed E-state index contributed by atoms with van der Waals surface area (Å²) in [5.41, 5.74) is 3.90. The Morgan fingerprint density at radius 2 is 1.56 bits per heavy atom. The lowest BCUT2D eigenvalue weighted by atomic mass is 9.55. The molecule has 394 valence electrons. The van der Waals surface area contributed by atoms with E-state index >= 15 is 4.79 Å². The van der Waals surface area contributed by atoms with E-state index in [9.17, 15) is 15.0 Å². The van der Waals surface area contributed by atoms with E-state index in [1.807, 2.05) is 29.2 Å². The number of benzene rings is 4. The van der Waals surface area contributed by atoms with E-state index in [1.165, 1.54) is 39.2 Å². The number of methoxy groups -OCH3 is 2. The topological polar surface area (TPSA) is 158 Å². The zero-order chi connectivity index (χ0) is 51.6. The number of hydrogen-bond donors (Lipinski definition) is 3. The van der Waals surface area contributed by atoms with Gasteiger partial charge in [0.25, 0.3) is 0 Å². The van der Waals surface area contributed by atoms with Crippen molar-refractivity contribution in [2.45, 2.75) is 140 Å². The normalized spacial score (nSPS) is 21.3. The molecule has 13 nitrogen and oxygen atoms in total. The fraction of sp³-hybridized carbons (Fsp3) is 0.517. The van der Waals surface area contributed by atoms with Crippen LogP contribution in [0.2, 0.25) is 0 Å². The van der Waals surface area contributed by atoms with Gasteiger partial charge in [-0.05, 0) is 96.2 Å². The highest BCUT2D eigenvalue weighted by Gasteiger charge is 2.65. The van der Waals surface area contributed by atoms with Crippen LogP contribution in [0.4, 0.5) is 10.5 Å². The van der Waals surface area contributed by atoms with Crippen molar-refractivity contribution >= 4 is 34.2 Å². The molecule has 0 aromatic heterocycles. The van der Waals surface area contributed by atoms with Crippen molar-refractivity contribution in [3.05, 3.63) is 114 Å². The molecule has 2 aliphatic carbocycles. The Morgan fingerprint density at radius 1 is 0.836 bits per heavy atom. The molecule has 6 atom stereocenters. The SMILES string of the molecule is C=CCOC12Oc3ccc(OC(=O)Nc4ccc(OC)cc4OC)cc3C3C(CCCCO)C(CCCCO)C=C(C(=NOC)CC1N(Cc1cccc4ccccc14)C(=O)CCCCCCCCCCC)C32.